The van der Waals surface area contributed by atoms with Gasteiger partial charge in [0.1, 0.15) is 0 Å². The number of hydrogen-bond donors (Lipinski definition) is 0. The Labute approximate surface area is 44.7 Å². The van der Waals surface area contributed by atoms with Crippen molar-refractivity contribution >= 4 is 16.5 Å². The van der Waals surface area contributed by atoms with Gasteiger partial charge in [-0.2, -0.15) is 13.1 Å². The second-order valence-corrected chi connectivity index (χ2v) is 1.46. The molecule has 0 spiro atoms. The topological polar surface area (TPSA) is 85.7 Å². The Bertz CT molecular complexity index is 260. The third-order valence-corrected chi connectivity index (χ3v) is 0.685. The minimum atomic E-state index is -2.51. The van der Waals surface area contributed by atoms with Crippen molar-refractivity contribution < 1.29 is 17.7 Å². The molecule has 0 fully saturated rings. The lowest BCUT2D eigenvalue weighted by Gasteiger charge is -1.80. The van der Waals surface area contributed by atoms with Crippen LogP contribution >= 0.6 is 0 Å². The smallest absolute Gasteiger partial charge is 0.220 e. The van der Waals surface area contributed by atoms with Crippen LogP contribution in [-0.4, -0.2) is 13.6 Å². The highest BCUT2D eigenvalue weighted by molar-refractivity contribution is 7.61. The zero-order chi connectivity index (χ0) is 5.98. The van der Waals surface area contributed by atoms with Crippen molar-refractivity contribution in [2.45, 2.75) is 0 Å². The van der Waals surface area contributed by atoms with Gasteiger partial charge in [-0.3, -0.25) is 0 Å². The van der Waals surface area contributed by atoms with E-state index in [-0.39, 0.29) is 6.01 Å². The molecule has 1 aromatic heterocycles. The van der Waals surface area contributed by atoms with Crippen molar-refractivity contribution in [2.24, 2.45) is 4.36 Å². The summed E-state index contributed by atoms with van der Waals surface area (Å²) in [6, 6.07) is -0.279. The first kappa shape index (κ1) is 5.04. The van der Waals surface area contributed by atoms with Gasteiger partial charge < -0.3 is 0 Å². The Hall–Kier alpha value is -1.11. The highest BCUT2D eigenvalue weighted by atomic mass is 32.2. The van der Waals surface area contributed by atoms with Crippen LogP contribution in [0.4, 0.5) is 6.01 Å². The van der Waals surface area contributed by atoms with Crippen LogP contribution in [-0.2, 0) is 10.5 Å². The SMILES string of the molecule is O=S(=O)=Nc1noo1. The molecule has 7 heteroatoms. The van der Waals surface area contributed by atoms with Gasteiger partial charge in [-0.05, 0) is 0 Å². The highest BCUT2D eigenvalue weighted by Crippen LogP contribution is 2.05. The van der Waals surface area contributed by atoms with Gasteiger partial charge in [0, 0.05) is 5.16 Å². The first-order chi connectivity index (χ1) is 3.79. The first-order valence-electron chi connectivity index (χ1n) is 1.52. The summed E-state index contributed by atoms with van der Waals surface area (Å²) in [4.78, 5) is 0. The van der Waals surface area contributed by atoms with Crippen LogP contribution in [0.1, 0.15) is 0 Å². The Morgan fingerprint density at radius 1 is 1.62 bits per heavy atom. The molecule has 8 heavy (non-hydrogen) atoms. The average molecular weight is 136 g/mol. The monoisotopic (exact) mass is 136 g/mol. The summed E-state index contributed by atoms with van der Waals surface area (Å²) in [6.07, 6.45) is 0. The van der Waals surface area contributed by atoms with E-state index in [1.165, 1.54) is 0 Å². The summed E-state index contributed by atoms with van der Waals surface area (Å²) in [5, 5.41) is 2.94. The molecule has 0 aromatic carbocycles. The zero-order valence-electron chi connectivity index (χ0n) is 3.44. The van der Waals surface area contributed by atoms with Crippen LogP contribution in [0.3, 0.4) is 0 Å². The molecule has 0 bridgehead atoms. The van der Waals surface area contributed by atoms with Crippen LogP contribution < -0.4 is 0 Å². The van der Waals surface area contributed by atoms with Crippen molar-refractivity contribution in [3.63, 3.8) is 0 Å². The van der Waals surface area contributed by atoms with E-state index in [1.807, 2.05) is 0 Å². The minimum Gasteiger partial charge on any atom is -0.220 e. The van der Waals surface area contributed by atoms with Crippen molar-refractivity contribution in [1.29, 1.82) is 0 Å². The highest BCUT2D eigenvalue weighted by Gasteiger charge is 1.97. The quantitative estimate of drug-likeness (QED) is 0.505. The maximum absolute atomic E-state index is 9.62. The van der Waals surface area contributed by atoms with E-state index in [4.69, 9.17) is 0 Å². The lowest BCUT2D eigenvalue weighted by atomic mass is 11.2. The second-order valence-electron chi connectivity index (χ2n) is 0.840. The fraction of sp³-hybridized carbons (Fsp3) is 0. The summed E-state index contributed by atoms with van der Waals surface area (Å²) < 4.78 is 29.7. The second kappa shape index (κ2) is 1.78. The van der Waals surface area contributed by atoms with E-state index < -0.39 is 10.5 Å². The van der Waals surface area contributed by atoms with Gasteiger partial charge >= 0.3 is 16.5 Å². The van der Waals surface area contributed by atoms with Gasteiger partial charge in [-0.15, -0.1) is 0 Å². The van der Waals surface area contributed by atoms with Crippen LogP contribution in [0.5, 0.6) is 0 Å². The molecule has 0 unspecified atom stereocenters. The molecule has 1 aromatic rings. The predicted molar refractivity (Wildman–Crippen MR) is 19.8 cm³/mol. The van der Waals surface area contributed by atoms with Crippen molar-refractivity contribution in [1.82, 2.24) is 5.16 Å². The molecule has 44 valence electrons. The molecule has 0 saturated heterocycles. The summed E-state index contributed by atoms with van der Waals surface area (Å²) in [7, 11) is -2.51. The van der Waals surface area contributed by atoms with E-state index in [2.05, 4.69) is 18.8 Å². The number of aromatic nitrogens is 1. The summed E-state index contributed by atoms with van der Waals surface area (Å²) in [5.41, 5.74) is 0. The first-order valence-corrected chi connectivity index (χ1v) is 2.55. The maximum Gasteiger partial charge on any atom is 0.421 e. The van der Waals surface area contributed by atoms with Gasteiger partial charge in [0.15, 0.2) is 0 Å². The molecule has 0 amide bonds. The van der Waals surface area contributed by atoms with Gasteiger partial charge in [0.25, 0.3) is 0 Å². The van der Waals surface area contributed by atoms with Crippen LogP contribution in [0.15, 0.2) is 13.6 Å². The van der Waals surface area contributed by atoms with Crippen LogP contribution in [0.25, 0.3) is 0 Å². The zero-order valence-corrected chi connectivity index (χ0v) is 4.25. The van der Waals surface area contributed by atoms with Gasteiger partial charge in [-0.1, -0.05) is 4.36 Å². The molecule has 1 rings (SSSR count). The van der Waals surface area contributed by atoms with E-state index in [0.717, 1.165) is 0 Å². The van der Waals surface area contributed by atoms with Crippen molar-refractivity contribution in [3.05, 3.63) is 0 Å². The largest absolute Gasteiger partial charge is 0.421 e. The molecule has 0 radical (unpaired) electrons. The molecule has 0 aliphatic rings. The van der Waals surface area contributed by atoms with E-state index in [0.29, 0.717) is 0 Å². The van der Waals surface area contributed by atoms with Crippen molar-refractivity contribution in [3.8, 4) is 0 Å². The molecule has 0 aliphatic carbocycles. The molecular weight excluding hydrogens is 136 g/mol. The molecular formula is CN2O4S. The number of hydrogen-bond acceptors (Lipinski definition) is 6. The molecule has 0 atom stereocenters. The van der Waals surface area contributed by atoms with E-state index in [1.54, 1.807) is 0 Å². The molecule has 0 saturated carbocycles. The molecule has 0 N–H and O–H groups in total. The standard InChI is InChI=1S/CN2O4S/c4-8(5)3-1-2-7-6-1. The predicted octanol–water partition coefficient (Wildman–Crippen LogP) is -0.0382. The van der Waals surface area contributed by atoms with E-state index >= 15 is 0 Å². The summed E-state index contributed by atoms with van der Waals surface area (Å²) >= 11 is 0. The summed E-state index contributed by atoms with van der Waals surface area (Å²) in [5.74, 6) is 0. The lowest BCUT2D eigenvalue weighted by Crippen LogP contribution is -1.73. The van der Waals surface area contributed by atoms with Gasteiger partial charge in [-0.25, -0.2) is 4.58 Å². The number of rotatable bonds is 1. The van der Waals surface area contributed by atoms with Crippen molar-refractivity contribution in [2.75, 3.05) is 0 Å². The van der Waals surface area contributed by atoms with Gasteiger partial charge in [0.2, 0.25) is 0 Å². The van der Waals surface area contributed by atoms with Crippen LogP contribution in [0, 0.1) is 0 Å². The molecule has 0 aliphatic heterocycles. The van der Waals surface area contributed by atoms with Crippen LogP contribution in [0.2, 0.25) is 0 Å². The summed E-state index contributed by atoms with van der Waals surface area (Å²) in [6.45, 7) is 0. The maximum atomic E-state index is 9.62. The molecule has 1 heterocycles. The normalized spacial score (nSPS) is 9.00. The van der Waals surface area contributed by atoms with E-state index in [9.17, 15) is 8.42 Å². The molecule has 6 nitrogen and oxygen atoms in total. The lowest BCUT2D eigenvalue weighted by molar-refractivity contribution is -0.0650. The van der Waals surface area contributed by atoms with Gasteiger partial charge in [0.05, 0.1) is 0 Å². The Kier molecular flexibility index (Phi) is 1.12. The minimum absolute atomic E-state index is 0.279. The fourth-order valence-corrected chi connectivity index (χ4v) is 0.358. The Balaban J connectivity index is 2.92. The Morgan fingerprint density at radius 2 is 2.25 bits per heavy atom. The third kappa shape index (κ3) is 0.936. The third-order valence-electron chi connectivity index (χ3n) is 0.380. The Morgan fingerprint density at radius 3 is 2.38 bits per heavy atom. The number of nitrogens with zero attached hydrogens (tertiary/aromatic N) is 2. The average Bonchev–Trinajstić information content (AvgIpc) is 1.55. The fourth-order valence-electron chi connectivity index (χ4n) is 0.166.